The first-order chi connectivity index (χ1) is 11.7. The second kappa shape index (κ2) is 8.22. The smallest absolute Gasteiger partial charge is 0.317 e. The number of allylic oxidation sites excluding steroid dienone is 1. The molecule has 0 unspecified atom stereocenters. The maximum Gasteiger partial charge on any atom is 0.317 e. The molecule has 0 atom stereocenters. The average Bonchev–Trinajstić information content (AvgIpc) is 2.63. The lowest BCUT2D eigenvalue weighted by Gasteiger charge is -2.36. The molecule has 0 bridgehead atoms. The first-order valence-electron chi connectivity index (χ1n) is 9.25. The van der Waals surface area contributed by atoms with Crippen LogP contribution in [0.15, 0.2) is 35.9 Å². The predicted octanol–water partition coefficient (Wildman–Crippen LogP) is 3.72. The number of anilines is 1. The first-order valence-corrected chi connectivity index (χ1v) is 9.25. The van der Waals surface area contributed by atoms with E-state index in [1.54, 1.807) is 0 Å². The second-order valence-corrected chi connectivity index (χ2v) is 6.90. The summed E-state index contributed by atoms with van der Waals surface area (Å²) in [6.45, 7) is 6.28. The van der Waals surface area contributed by atoms with E-state index in [0.717, 1.165) is 39.1 Å². The Labute approximate surface area is 145 Å². The summed E-state index contributed by atoms with van der Waals surface area (Å²) in [5.74, 6) is 0. The van der Waals surface area contributed by atoms with Crippen LogP contribution >= 0.6 is 0 Å². The van der Waals surface area contributed by atoms with Gasteiger partial charge in [-0.25, -0.2) is 4.79 Å². The van der Waals surface area contributed by atoms with Crippen molar-refractivity contribution in [2.24, 2.45) is 0 Å². The van der Waals surface area contributed by atoms with Gasteiger partial charge < -0.3 is 15.1 Å². The van der Waals surface area contributed by atoms with Gasteiger partial charge in [-0.15, -0.1) is 0 Å². The quantitative estimate of drug-likeness (QED) is 0.856. The molecule has 1 fully saturated rings. The highest BCUT2D eigenvalue weighted by molar-refractivity contribution is 5.74. The summed E-state index contributed by atoms with van der Waals surface area (Å²) in [7, 11) is 0. The Balaban J connectivity index is 1.41. The van der Waals surface area contributed by atoms with Gasteiger partial charge in [0.25, 0.3) is 0 Å². The summed E-state index contributed by atoms with van der Waals surface area (Å²) in [6, 6.07) is 8.68. The molecule has 1 N–H and O–H groups in total. The zero-order valence-corrected chi connectivity index (χ0v) is 14.8. The molecule has 1 aliphatic carbocycles. The van der Waals surface area contributed by atoms with Gasteiger partial charge in [0.2, 0.25) is 0 Å². The van der Waals surface area contributed by atoms with Gasteiger partial charge in [-0.2, -0.15) is 0 Å². The van der Waals surface area contributed by atoms with Crippen molar-refractivity contribution in [3.63, 3.8) is 0 Å². The maximum atomic E-state index is 12.3. The number of carbonyl (C=O) groups is 1. The summed E-state index contributed by atoms with van der Waals surface area (Å²) in [5.41, 5.74) is 4.06. The van der Waals surface area contributed by atoms with Crippen LogP contribution in [0, 0.1) is 6.92 Å². The minimum atomic E-state index is 0.0929. The summed E-state index contributed by atoms with van der Waals surface area (Å²) in [6.07, 6.45) is 8.42. The molecule has 3 rings (SSSR count). The van der Waals surface area contributed by atoms with Crippen molar-refractivity contribution in [2.75, 3.05) is 37.6 Å². The van der Waals surface area contributed by atoms with E-state index in [9.17, 15) is 4.79 Å². The van der Waals surface area contributed by atoms with Crippen LogP contribution in [0.4, 0.5) is 10.5 Å². The molecule has 0 aromatic heterocycles. The van der Waals surface area contributed by atoms with E-state index in [4.69, 9.17) is 0 Å². The Bertz CT molecular complexity index is 588. The van der Waals surface area contributed by atoms with Gasteiger partial charge in [0, 0.05) is 38.4 Å². The minimum Gasteiger partial charge on any atom is -0.368 e. The van der Waals surface area contributed by atoms with Crippen LogP contribution in [-0.2, 0) is 0 Å². The number of amides is 2. The fourth-order valence-electron chi connectivity index (χ4n) is 3.57. The van der Waals surface area contributed by atoms with Crippen molar-refractivity contribution < 1.29 is 4.79 Å². The SMILES string of the molecule is Cc1cccc(N2CCN(C(=O)NCCC3=CCCCC3)CC2)c1. The highest BCUT2D eigenvalue weighted by Crippen LogP contribution is 2.20. The molecule has 1 aliphatic heterocycles. The van der Waals surface area contributed by atoms with Crippen molar-refractivity contribution in [2.45, 2.75) is 39.0 Å². The van der Waals surface area contributed by atoms with Gasteiger partial charge in [-0.05, 0) is 56.7 Å². The predicted molar refractivity (Wildman–Crippen MR) is 99.5 cm³/mol. The summed E-state index contributed by atoms with van der Waals surface area (Å²) >= 11 is 0. The van der Waals surface area contributed by atoms with Crippen molar-refractivity contribution in [3.8, 4) is 0 Å². The maximum absolute atomic E-state index is 12.3. The molecular formula is C20H29N3O. The van der Waals surface area contributed by atoms with E-state index >= 15 is 0 Å². The van der Waals surface area contributed by atoms with E-state index in [1.165, 1.54) is 42.5 Å². The van der Waals surface area contributed by atoms with Gasteiger partial charge in [-0.1, -0.05) is 23.8 Å². The average molecular weight is 327 g/mol. The van der Waals surface area contributed by atoms with E-state index in [0.29, 0.717) is 0 Å². The number of hydrogen-bond donors (Lipinski definition) is 1. The van der Waals surface area contributed by atoms with Gasteiger partial charge in [0.15, 0.2) is 0 Å². The highest BCUT2D eigenvalue weighted by Gasteiger charge is 2.21. The van der Waals surface area contributed by atoms with E-state index < -0.39 is 0 Å². The molecule has 2 aliphatic rings. The normalized spacial score (nSPS) is 18.3. The number of urea groups is 1. The number of aryl methyl sites for hydroxylation is 1. The number of hydrogen-bond acceptors (Lipinski definition) is 2. The number of rotatable bonds is 4. The van der Waals surface area contributed by atoms with Crippen molar-refractivity contribution in [3.05, 3.63) is 41.5 Å². The molecule has 0 spiro atoms. The van der Waals surface area contributed by atoms with E-state index in [1.807, 2.05) is 4.90 Å². The molecule has 1 aromatic carbocycles. The van der Waals surface area contributed by atoms with Crippen LogP contribution in [0.1, 0.15) is 37.7 Å². The van der Waals surface area contributed by atoms with Crippen LogP contribution in [0.2, 0.25) is 0 Å². The van der Waals surface area contributed by atoms with Gasteiger partial charge in [-0.3, -0.25) is 0 Å². The van der Waals surface area contributed by atoms with Crippen LogP contribution in [0.25, 0.3) is 0 Å². The van der Waals surface area contributed by atoms with E-state index in [2.05, 4.69) is 47.5 Å². The number of piperazine rings is 1. The number of nitrogens with zero attached hydrogens (tertiary/aromatic N) is 2. The Hall–Kier alpha value is -1.97. The summed E-state index contributed by atoms with van der Waals surface area (Å²) < 4.78 is 0. The number of benzene rings is 1. The van der Waals surface area contributed by atoms with Crippen molar-refractivity contribution in [1.29, 1.82) is 0 Å². The van der Waals surface area contributed by atoms with Crippen molar-refractivity contribution in [1.82, 2.24) is 10.2 Å². The largest absolute Gasteiger partial charge is 0.368 e. The Kier molecular flexibility index (Phi) is 5.78. The first kappa shape index (κ1) is 16.9. The molecule has 2 amide bonds. The van der Waals surface area contributed by atoms with Gasteiger partial charge in [0.1, 0.15) is 0 Å². The molecule has 24 heavy (non-hydrogen) atoms. The Morgan fingerprint density at radius 1 is 1.17 bits per heavy atom. The fraction of sp³-hybridized carbons (Fsp3) is 0.550. The molecule has 1 heterocycles. The monoisotopic (exact) mass is 327 g/mol. The number of nitrogens with one attached hydrogen (secondary N) is 1. The van der Waals surface area contributed by atoms with Crippen molar-refractivity contribution >= 4 is 11.7 Å². The Morgan fingerprint density at radius 2 is 2.00 bits per heavy atom. The molecule has 1 aromatic rings. The zero-order valence-electron chi connectivity index (χ0n) is 14.8. The second-order valence-electron chi connectivity index (χ2n) is 6.90. The van der Waals surface area contributed by atoms with E-state index in [-0.39, 0.29) is 6.03 Å². The summed E-state index contributed by atoms with van der Waals surface area (Å²) in [4.78, 5) is 16.6. The molecule has 0 radical (unpaired) electrons. The third-order valence-electron chi connectivity index (χ3n) is 5.04. The molecule has 1 saturated heterocycles. The fourth-order valence-corrected chi connectivity index (χ4v) is 3.57. The standard InChI is InChI=1S/C20H29N3O/c1-17-6-5-9-19(16-17)22-12-14-23(15-13-22)20(24)21-11-10-18-7-3-2-4-8-18/h5-7,9,16H,2-4,8,10-15H2,1H3,(H,21,24). The molecular weight excluding hydrogens is 298 g/mol. The lowest BCUT2D eigenvalue weighted by molar-refractivity contribution is 0.194. The molecule has 4 nitrogen and oxygen atoms in total. The van der Waals surface area contributed by atoms with Crippen LogP contribution in [-0.4, -0.2) is 43.7 Å². The number of carbonyl (C=O) groups excluding carboxylic acids is 1. The molecule has 0 saturated carbocycles. The highest BCUT2D eigenvalue weighted by atomic mass is 16.2. The topological polar surface area (TPSA) is 35.6 Å². The molecule has 130 valence electrons. The third kappa shape index (κ3) is 4.53. The lowest BCUT2D eigenvalue weighted by atomic mass is 9.97. The Morgan fingerprint density at radius 3 is 2.71 bits per heavy atom. The van der Waals surface area contributed by atoms with Crippen LogP contribution in [0.5, 0.6) is 0 Å². The minimum absolute atomic E-state index is 0.0929. The van der Waals surface area contributed by atoms with Crippen LogP contribution < -0.4 is 10.2 Å². The zero-order chi connectivity index (χ0) is 16.8. The van der Waals surface area contributed by atoms with Gasteiger partial charge >= 0.3 is 6.03 Å². The summed E-state index contributed by atoms with van der Waals surface area (Å²) in [5, 5.41) is 3.09. The van der Waals surface area contributed by atoms with Gasteiger partial charge in [0.05, 0.1) is 0 Å². The third-order valence-corrected chi connectivity index (χ3v) is 5.04. The van der Waals surface area contributed by atoms with Crippen LogP contribution in [0.3, 0.4) is 0 Å². The lowest BCUT2D eigenvalue weighted by Crippen LogP contribution is -2.52. The molecule has 4 heteroatoms.